The van der Waals surface area contributed by atoms with Crippen molar-refractivity contribution < 1.29 is 14.3 Å². The quantitative estimate of drug-likeness (QED) is 0.861. The lowest BCUT2D eigenvalue weighted by molar-refractivity contribution is -0.132. The largest absolute Gasteiger partial charge is 0.454 e. The highest BCUT2D eigenvalue weighted by atomic mass is 16.7. The Morgan fingerprint density at radius 3 is 2.70 bits per heavy atom. The van der Waals surface area contributed by atoms with Gasteiger partial charge in [-0.1, -0.05) is 6.07 Å². The van der Waals surface area contributed by atoms with Gasteiger partial charge in [-0.3, -0.25) is 4.79 Å². The van der Waals surface area contributed by atoms with E-state index in [-0.39, 0.29) is 18.7 Å². The van der Waals surface area contributed by atoms with E-state index in [0.717, 1.165) is 30.2 Å². The van der Waals surface area contributed by atoms with E-state index in [1.165, 1.54) is 0 Å². The Bertz CT molecular complexity index is 472. The van der Waals surface area contributed by atoms with Crippen LogP contribution in [0.15, 0.2) is 18.2 Å². The summed E-state index contributed by atoms with van der Waals surface area (Å²) in [4.78, 5) is 14.0. The van der Waals surface area contributed by atoms with Crippen molar-refractivity contribution in [1.29, 1.82) is 0 Å². The molecule has 2 rings (SSSR count). The SMILES string of the molecule is CCN(CC)C(=O)C(C)NCc1ccc2c(c1)OCO2. The average Bonchev–Trinajstić information content (AvgIpc) is 2.93. The lowest BCUT2D eigenvalue weighted by Gasteiger charge is -2.23. The van der Waals surface area contributed by atoms with Gasteiger partial charge in [0.25, 0.3) is 0 Å². The van der Waals surface area contributed by atoms with Crippen LogP contribution in [0.5, 0.6) is 11.5 Å². The summed E-state index contributed by atoms with van der Waals surface area (Å²) in [7, 11) is 0. The molecule has 1 heterocycles. The maximum absolute atomic E-state index is 12.1. The Hall–Kier alpha value is -1.75. The zero-order valence-electron chi connectivity index (χ0n) is 12.3. The molecule has 1 N–H and O–H groups in total. The summed E-state index contributed by atoms with van der Waals surface area (Å²) < 4.78 is 10.6. The maximum Gasteiger partial charge on any atom is 0.239 e. The van der Waals surface area contributed by atoms with E-state index < -0.39 is 0 Å². The summed E-state index contributed by atoms with van der Waals surface area (Å²) in [6, 6.07) is 5.63. The maximum atomic E-state index is 12.1. The van der Waals surface area contributed by atoms with Crippen molar-refractivity contribution in [2.24, 2.45) is 0 Å². The summed E-state index contributed by atoms with van der Waals surface area (Å²) in [5.41, 5.74) is 1.08. The molecule has 5 heteroatoms. The van der Waals surface area contributed by atoms with Crippen molar-refractivity contribution in [1.82, 2.24) is 10.2 Å². The van der Waals surface area contributed by atoms with E-state index >= 15 is 0 Å². The first-order chi connectivity index (χ1) is 9.65. The van der Waals surface area contributed by atoms with E-state index in [4.69, 9.17) is 9.47 Å². The molecule has 0 saturated carbocycles. The molecule has 0 saturated heterocycles. The Balaban J connectivity index is 1.90. The van der Waals surface area contributed by atoms with Gasteiger partial charge in [0.15, 0.2) is 11.5 Å². The van der Waals surface area contributed by atoms with Crippen molar-refractivity contribution in [2.45, 2.75) is 33.4 Å². The number of fused-ring (bicyclic) bond motifs is 1. The number of hydrogen-bond acceptors (Lipinski definition) is 4. The lowest BCUT2D eigenvalue weighted by atomic mass is 10.2. The Labute approximate surface area is 119 Å². The fourth-order valence-corrected chi connectivity index (χ4v) is 2.22. The van der Waals surface area contributed by atoms with Gasteiger partial charge in [0.05, 0.1) is 6.04 Å². The Kier molecular flexibility index (Phi) is 4.84. The van der Waals surface area contributed by atoms with Gasteiger partial charge in [0.1, 0.15) is 0 Å². The topological polar surface area (TPSA) is 50.8 Å². The molecule has 1 atom stereocenters. The fraction of sp³-hybridized carbons (Fsp3) is 0.533. The molecule has 110 valence electrons. The number of carbonyl (C=O) groups is 1. The molecule has 5 nitrogen and oxygen atoms in total. The van der Waals surface area contributed by atoms with Crippen LogP contribution in [0.2, 0.25) is 0 Å². The van der Waals surface area contributed by atoms with Gasteiger partial charge in [-0.25, -0.2) is 0 Å². The van der Waals surface area contributed by atoms with Gasteiger partial charge < -0.3 is 19.7 Å². The Morgan fingerprint density at radius 1 is 1.30 bits per heavy atom. The first-order valence-corrected chi connectivity index (χ1v) is 7.06. The number of carbonyl (C=O) groups excluding carboxylic acids is 1. The molecular formula is C15H22N2O3. The van der Waals surface area contributed by atoms with Gasteiger partial charge in [-0.15, -0.1) is 0 Å². The van der Waals surface area contributed by atoms with Gasteiger partial charge in [0.2, 0.25) is 12.7 Å². The second kappa shape index (κ2) is 6.61. The predicted molar refractivity (Wildman–Crippen MR) is 76.8 cm³/mol. The first-order valence-electron chi connectivity index (χ1n) is 7.06. The lowest BCUT2D eigenvalue weighted by Crippen LogP contribution is -2.44. The third-order valence-corrected chi connectivity index (χ3v) is 3.49. The zero-order valence-corrected chi connectivity index (χ0v) is 12.3. The minimum absolute atomic E-state index is 0.135. The molecular weight excluding hydrogens is 256 g/mol. The number of benzene rings is 1. The molecule has 0 fully saturated rings. The van der Waals surface area contributed by atoms with Crippen LogP contribution in [0.3, 0.4) is 0 Å². The van der Waals surface area contributed by atoms with E-state index in [1.54, 1.807) is 0 Å². The molecule has 1 unspecified atom stereocenters. The van der Waals surface area contributed by atoms with Gasteiger partial charge in [-0.2, -0.15) is 0 Å². The van der Waals surface area contributed by atoms with Crippen molar-refractivity contribution in [3.8, 4) is 11.5 Å². The highest BCUT2D eigenvalue weighted by Gasteiger charge is 2.18. The molecule has 0 aliphatic carbocycles. The van der Waals surface area contributed by atoms with Crippen LogP contribution < -0.4 is 14.8 Å². The number of amides is 1. The molecule has 0 radical (unpaired) electrons. The predicted octanol–water partition coefficient (Wildman–Crippen LogP) is 1.76. The summed E-state index contributed by atoms with van der Waals surface area (Å²) in [6.45, 7) is 8.27. The zero-order chi connectivity index (χ0) is 14.5. The standard InChI is InChI=1S/C15H22N2O3/c1-4-17(5-2)15(18)11(3)16-9-12-6-7-13-14(8-12)20-10-19-13/h6-8,11,16H,4-5,9-10H2,1-3H3. The molecule has 1 aliphatic heterocycles. The van der Waals surface area contributed by atoms with Crippen molar-refractivity contribution in [3.05, 3.63) is 23.8 Å². The molecule has 1 amide bonds. The first kappa shape index (κ1) is 14.7. The van der Waals surface area contributed by atoms with Crippen molar-refractivity contribution >= 4 is 5.91 Å². The highest BCUT2D eigenvalue weighted by molar-refractivity contribution is 5.81. The summed E-state index contributed by atoms with van der Waals surface area (Å²) in [5.74, 6) is 1.68. The van der Waals surface area contributed by atoms with E-state index in [0.29, 0.717) is 6.54 Å². The van der Waals surface area contributed by atoms with Crippen LogP contribution in [0.4, 0.5) is 0 Å². The molecule has 0 bridgehead atoms. The third kappa shape index (κ3) is 3.22. The number of nitrogens with one attached hydrogen (secondary N) is 1. The van der Waals surface area contributed by atoms with Crippen LogP contribution in [0.25, 0.3) is 0 Å². The molecule has 0 aromatic heterocycles. The summed E-state index contributed by atoms with van der Waals surface area (Å²) >= 11 is 0. The smallest absolute Gasteiger partial charge is 0.239 e. The minimum atomic E-state index is -0.194. The number of likely N-dealkylation sites (N-methyl/N-ethyl adjacent to an activating group) is 1. The van der Waals surface area contributed by atoms with Crippen LogP contribution in [-0.2, 0) is 11.3 Å². The van der Waals surface area contributed by atoms with Crippen LogP contribution in [-0.4, -0.2) is 36.7 Å². The fourth-order valence-electron chi connectivity index (χ4n) is 2.22. The Morgan fingerprint density at radius 2 is 2.00 bits per heavy atom. The van der Waals surface area contributed by atoms with E-state index in [1.807, 2.05) is 43.9 Å². The van der Waals surface area contributed by atoms with Gasteiger partial charge in [-0.05, 0) is 38.5 Å². The second-order valence-electron chi connectivity index (χ2n) is 4.80. The van der Waals surface area contributed by atoms with E-state index in [2.05, 4.69) is 5.32 Å². The van der Waals surface area contributed by atoms with E-state index in [9.17, 15) is 4.79 Å². The molecule has 1 aliphatic rings. The van der Waals surface area contributed by atoms with Crippen molar-refractivity contribution in [3.63, 3.8) is 0 Å². The third-order valence-electron chi connectivity index (χ3n) is 3.49. The second-order valence-corrected chi connectivity index (χ2v) is 4.80. The highest BCUT2D eigenvalue weighted by Crippen LogP contribution is 2.32. The average molecular weight is 278 g/mol. The normalized spacial score (nSPS) is 14.2. The van der Waals surface area contributed by atoms with Crippen LogP contribution in [0.1, 0.15) is 26.3 Å². The number of rotatable bonds is 6. The van der Waals surface area contributed by atoms with Gasteiger partial charge in [0, 0.05) is 19.6 Å². The number of nitrogens with zero attached hydrogens (tertiary/aromatic N) is 1. The summed E-state index contributed by atoms with van der Waals surface area (Å²) in [6.07, 6.45) is 0. The van der Waals surface area contributed by atoms with Crippen LogP contribution >= 0.6 is 0 Å². The minimum Gasteiger partial charge on any atom is -0.454 e. The molecule has 20 heavy (non-hydrogen) atoms. The number of hydrogen-bond donors (Lipinski definition) is 1. The molecule has 0 spiro atoms. The van der Waals surface area contributed by atoms with Gasteiger partial charge >= 0.3 is 0 Å². The molecule has 1 aromatic carbocycles. The summed E-state index contributed by atoms with van der Waals surface area (Å²) in [5, 5.41) is 3.25. The number of ether oxygens (including phenoxy) is 2. The van der Waals surface area contributed by atoms with Crippen molar-refractivity contribution in [2.75, 3.05) is 19.9 Å². The molecule has 1 aromatic rings. The van der Waals surface area contributed by atoms with Crippen LogP contribution in [0, 0.1) is 0 Å². The monoisotopic (exact) mass is 278 g/mol.